The fraction of sp³-hybridized carbons (Fsp3) is 0.556. The van der Waals surface area contributed by atoms with Gasteiger partial charge in [-0.25, -0.2) is 4.79 Å². The Labute approximate surface area is 156 Å². The van der Waals surface area contributed by atoms with Crippen molar-refractivity contribution in [1.82, 2.24) is 4.90 Å². The number of nitro benzene ring substituents is 1. The molecule has 8 heteroatoms. The number of nitro groups is 1. The lowest BCUT2D eigenvalue weighted by molar-refractivity contribution is -0.384. The van der Waals surface area contributed by atoms with Gasteiger partial charge < -0.3 is 9.64 Å². The number of piperidine rings is 1. The second-order valence-corrected chi connectivity index (χ2v) is 7.25. The monoisotopic (exact) mass is 380 g/mol. The van der Waals surface area contributed by atoms with E-state index in [-0.39, 0.29) is 34.8 Å². The van der Waals surface area contributed by atoms with Gasteiger partial charge >= 0.3 is 5.97 Å². The van der Waals surface area contributed by atoms with Crippen LogP contribution in [0.4, 0.5) is 5.69 Å². The molecule has 1 aliphatic heterocycles. The van der Waals surface area contributed by atoms with E-state index in [1.54, 1.807) is 0 Å². The first kappa shape index (κ1) is 18.6. The van der Waals surface area contributed by atoms with Gasteiger partial charge in [0.25, 0.3) is 11.6 Å². The average molecular weight is 381 g/mol. The van der Waals surface area contributed by atoms with E-state index >= 15 is 0 Å². The van der Waals surface area contributed by atoms with E-state index in [4.69, 9.17) is 16.3 Å². The highest BCUT2D eigenvalue weighted by molar-refractivity contribution is 6.32. The third-order valence-corrected chi connectivity index (χ3v) is 5.59. The highest BCUT2D eigenvalue weighted by Crippen LogP contribution is 2.35. The number of carbonyl (C=O) groups excluding carboxylic acids is 2. The van der Waals surface area contributed by atoms with Crippen molar-refractivity contribution in [3.8, 4) is 0 Å². The summed E-state index contributed by atoms with van der Waals surface area (Å²) in [6.45, 7) is 0.350. The van der Waals surface area contributed by atoms with E-state index < -0.39 is 10.9 Å². The van der Waals surface area contributed by atoms with Gasteiger partial charge in [-0.15, -0.1) is 0 Å². The van der Waals surface area contributed by atoms with E-state index in [1.807, 2.05) is 4.90 Å². The van der Waals surface area contributed by atoms with Gasteiger partial charge in [0.2, 0.25) is 0 Å². The molecule has 0 bridgehead atoms. The van der Waals surface area contributed by atoms with Gasteiger partial charge in [0, 0.05) is 18.7 Å². The second-order valence-electron chi connectivity index (χ2n) is 6.84. The minimum Gasteiger partial charge on any atom is -0.452 e. The average Bonchev–Trinajstić information content (AvgIpc) is 2.65. The summed E-state index contributed by atoms with van der Waals surface area (Å²) in [6, 6.07) is 3.93. The first-order valence-corrected chi connectivity index (χ1v) is 9.25. The molecule has 1 aromatic rings. The Morgan fingerprint density at radius 3 is 2.73 bits per heavy atom. The molecule has 1 heterocycles. The maximum atomic E-state index is 12.5. The van der Waals surface area contributed by atoms with E-state index in [1.165, 1.54) is 18.6 Å². The molecule has 0 N–H and O–H groups in total. The number of rotatable bonds is 4. The highest BCUT2D eigenvalue weighted by atomic mass is 35.5. The molecule has 140 valence electrons. The van der Waals surface area contributed by atoms with Crippen molar-refractivity contribution in [2.45, 2.75) is 44.6 Å². The van der Waals surface area contributed by atoms with E-state index in [0.29, 0.717) is 12.5 Å². The molecule has 0 spiro atoms. The zero-order chi connectivity index (χ0) is 18.7. The zero-order valence-electron chi connectivity index (χ0n) is 14.4. The molecule has 0 aromatic heterocycles. The van der Waals surface area contributed by atoms with Crippen LogP contribution in [0, 0.1) is 16.0 Å². The summed E-state index contributed by atoms with van der Waals surface area (Å²) in [5.41, 5.74) is -0.364. The number of amides is 1. The second kappa shape index (κ2) is 8.03. The van der Waals surface area contributed by atoms with Crippen LogP contribution in [0.1, 0.15) is 48.9 Å². The van der Waals surface area contributed by atoms with Gasteiger partial charge in [-0.1, -0.05) is 24.4 Å². The molecule has 7 nitrogen and oxygen atoms in total. The van der Waals surface area contributed by atoms with Gasteiger partial charge in [-0.3, -0.25) is 14.9 Å². The molecule has 26 heavy (non-hydrogen) atoms. The topological polar surface area (TPSA) is 89.8 Å². The van der Waals surface area contributed by atoms with Crippen LogP contribution >= 0.6 is 11.6 Å². The Bertz CT molecular complexity index is 722. The Hall–Kier alpha value is -2.15. The van der Waals surface area contributed by atoms with Crippen molar-refractivity contribution in [2.24, 2.45) is 5.92 Å². The Kier molecular flexibility index (Phi) is 5.76. The van der Waals surface area contributed by atoms with Gasteiger partial charge in [0.15, 0.2) is 6.61 Å². The molecule has 0 radical (unpaired) electrons. The molecular weight excluding hydrogens is 360 g/mol. The third-order valence-electron chi connectivity index (χ3n) is 5.27. The molecule has 2 fully saturated rings. The summed E-state index contributed by atoms with van der Waals surface area (Å²) >= 11 is 5.74. The number of esters is 1. The van der Waals surface area contributed by atoms with Crippen molar-refractivity contribution in [2.75, 3.05) is 13.2 Å². The molecule has 1 amide bonds. The van der Waals surface area contributed by atoms with E-state index in [9.17, 15) is 19.7 Å². The van der Waals surface area contributed by atoms with Crippen LogP contribution in [0.5, 0.6) is 0 Å². The van der Waals surface area contributed by atoms with Gasteiger partial charge in [0.05, 0.1) is 10.5 Å². The fourth-order valence-electron chi connectivity index (χ4n) is 4.01. The minimum absolute atomic E-state index is 0.00286. The maximum absolute atomic E-state index is 12.5. The lowest BCUT2D eigenvalue weighted by Gasteiger charge is -2.44. The fourth-order valence-corrected chi connectivity index (χ4v) is 4.19. The van der Waals surface area contributed by atoms with Crippen LogP contribution in [0.3, 0.4) is 0 Å². The van der Waals surface area contributed by atoms with Crippen LogP contribution in [0.2, 0.25) is 5.02 Å². The molecule has 0 unspecified atom stereocenters. The summed E-state index contributed by atoms with van der Waals surface area (Å²) in [4.78, 5) is 36.8. The normalized spacial score (nSPS) is 22.4. The SMILES string of the molecule is O=C(OCC(=O)N1CCC[C@@H]2CCCC[C@@H]21)c1ccc(Cl)c([N+](=O)[O-])c1. The lowest BCUT2D eigenvalue weighted by Crippen LogP contribution is -2.50. The maximum Gasteiger partial charge on any atom is 0.338 e. The Morgan fingerprint density at radius 2 is 1.96 bits per heavy atom. The van der Waals surface area contributed by atoms with Crippen molar-refractivity contribution in [3.63, 3.8) is 0 Å². The smallest absolute Gasteiger partial charge is 0.338 e. The van der Waals surface area contributed by atoms with Crippen molar-refractivity contribution >= 4 is 29.2 Å². The van der Waals surface area contributed by atoms with Gasteiger partial charge in [0.1, 0.15) is 5.02 Å². The van der Waals surface area contributed by atoms with Crippen LogP contribution in [0.15, 0.2) is 18.2 Å². The molecule has 1 saturated carbocycles. The van der Waals surface area contributed by atoms with Crippen molar-refractivity contribution < 1.29 is 19.2 Å². The molecule has 2 atom stereocenters. The number of benzene rings is 1. The summed E-state index contributed by atoms with van der Waals surface area (Å²) in [5.74, 6) is -0.412. The van der Waals surface area contributed by atoms with Gasteiger partial charge in [-0.05, 0) is 43.7 Å². The van der Waals surface area contributed by atoms with Crippen LogP contribution < -0.4 is 0 Å². The standard InChI is InChI=1S/C18H21ClN2O5/c19-14-8-7-13(10-16(14)21(24)25)18(23)26-11-17(22)20-9-3-5-12-4-1-2-6-15(12)20/h7-8,10,12,15H,1-6,9,11H2/t12-,15-/m0/s1. The van der Waals surface area contributed by atoms with Crippen molar-refractivity contribution in [1.29, 1.82) is 0 Å². The Balaban J connectivity index is 1.61. The quantitative estimate of drug-likeness (QED) is 0.452. The minimum atomic E-state index is -0.768. The highest BCUT2D eigenvalue weighted by Gasteiger charge is 2.35. The zero-order valence-corrected chi connectivity index (χ0v) is 15.1. The number of hydrogen-bond donors (Lipinski definition) is 0. The molecule has 2 aliphatic rings. The summed E-state index contributed by atoms with van der Waals surface area (Å²) < 4.78 is 5.10. The van der Waals surface area contributed by atoms with Crippen LogP contribution in [0.25, 0.3) is 0 Å². The Morgan fingerprint density at radius 1 is 1.23 bits per heavy atom. The van der Waals surface area contributed by atoms with E-state index in [2.05, 4.69) is 0 Å². The number of halogens is 1. The van der Waals surface area contributed by atoms with Crippen LogP contribution in [-0.4, -0.2) is 40.9 Å². The summed E-state index contributed by atoms with van der Waals surface area (Å²) in [5, 5.41) is 10.9. The van der Waals surface area contributed by atoms with Gasteiger partial charge in [-0.2, -0.15) is 0 Å². The number of nitrogens with zero attached hydrogens (tertiary/aromatic N) is 2. The predicted octanol–water partition coefficient (Wildman–Crippen LogP) is 3.59. The molecular formula is C18H21ClN2O5. The number of hydrogen-bond acceptors (Lipinski definition) is 5. The van der Waals surface area contributed by atoms with E-state index in [0.717, 1.165) is 38.2 Å². The number of carbonyl (C=O) groups is 2. The first-order chi connectivity index (χ1) is 12.5. The third kappa shape index (κ3) is 3.98. The number of ether oxygens (including phenoxy) is 1. The van der Waals surface area contributed by atoms with Crippen molar-refractivity contribution in [3.05, 3.63) is 38.9 Å². The van der Waals surface area contributed by atoms with Crippen LogP contribution in [-0.2, 0) is 9.53 Å². The molecule has 1 saturated heterocycles. The molecule has 1 aliphatic carbocycles. The lowest BCUT2D eigenvalue weighted by atomic mass is 9.78. The number of fused-ring (bicyclic) bond motifs is 1. The molecule has 3 rings (SSSR count). The predicted molar refractivity (Wildman–Crippen MR) is 95.1 cm³/mol. The summed E-state index contributed by atoms with van der Waals surface area (Å²) in [6.07, 6.45) is 6.63. The molecule has 1 aromatic carbocycles. The number of likely N-dealkylation sites (tertiary alicyclic amines) is 1. The largest absolute Gasteiger partial charge is 0.452 e. The first-order valence-electron chi connectivity index (χ1n) is 8.88. The summed E-state index contributed by atoms with van der Waals surface area (Å²) in [7, 11) is 0.